The van der Waals surface area contributed by atoms with E-state index in [1.807, 2.05) is 18.2 Å². The van der Waals surface area contributed by atoms with Crippen molar-refractivity contribution in [3.05, 3.63) is 33.3 Å². The Morgan fingerprint density at radius 3 is 2.94 bits per heavy atom. The Balaban J connectivity index is 2.40. The molecule has 1 aromatic rings. The van der Waals surface area contributed by atoms with Crippen LogP contribution in [0.1, 0.15) is 12.5 Å². The Morgan fingerprint density at radius 1 is 1.56 bits per heavy atom. The van der Waals surface area contributed by atoms with E-state index in [4.69, 9.17) is 16.3 Å². The van der Waals surface area contributed by atoms with Crippen molar-refractivity contribution < 1.29 is 9.53 Å². The zero-order chi connectivity index (χ0) is 12.0. The van der Waals surface area contributed by atoms with E-state index in [-0.39, 0.29) is 5.97 Å². The smallest absolute Gasteiger partial charge is 0.315 e. The highest BCUT2D eigenvalue weighted by molar-refractivity contribution is 9.10. The molecule has 0 aromatic heterocycles. The molecule has 0 heterocycles. The molecule has 0 saturated heterocycles. The van der Waals surface area contributed by atoms with E-state index in [1.54, 1.807) is 6.92 Å². The second-order valence-electron chi connectivity index (χ2n) is 3.03. The van der Waals surface area contributed by atoms with Gasteiger partial charge in [-0.2, -0.15) is 0 Å². The number of thioether (sulfide) groups is 1. The summed E-state index contributed by atoms with van der Waals surface area (Å²) in [6.45, 7) is 2.23. The van der Waals surface area contributed by atoms with Crippen molar-refractivity contribution in [2.45, 2.75) is 12.7 Å². The molecule has 1 rings (SSSR count). The van der Waals surface area contributed by atoms with Gasteiger partial charge in [0, 0.05) is 15.2 Å². The number of ether oxygens (including phenoxy) is 1. The molecule has 16 heavy (non-hydrogen) atoms. The number of hydrogen-bond acceptors (Lipinski definition) is 3. The predicted molar refractivity (Wildman–Crippen MR) is 71.9 cm³/mol. The van der Waals surface area contributed by atoms with Gasteiger partial charge in [0.05, 0.1) is 12.4 Å². The molecule has 1 aromatic carbocycles. The molecule has 0 atom stereocenters. The van der Waals surface area contributed by atoms with E-state index in [0.717, 1.165) is 10.0 Å². The number of esters is 1. The van der Waals surface area contributed by atoms with Crippen molar-refractivity contribution >= 4 is 45.3 Å². The summed E-state index contributed by atoms with van der Waals surface area (Å²) in [7, 11) is 0. The fourth-order valence-corrected chi connectivity index (χ4v) is 2.73. The number of halogens is 2. The first-order chi connectivity index (χ1) is 7.63. The van der Waals surface area contributed by atoms with Gasteiger partial charge in [-0.25, -0.2) is 0 Å². The van der Waals surface area contributed by atoms with E-state index < -0.39 is 0 Å². The van der Waals surface area contributed by atoms with Crippen molar-refractivity contribution in [2.24, 2.45) is 0 Å². The molecule has 0 aliphatic carbocycles. The highest BCUT2D eigenvalue weighted by atomic mass is 79.9. The Kier molecular flexibility index (Phi) is 6.24. The molecule has 0 amide bonds. The number of rotatable bonds is 5. The molecule has 2 nitrogen and oxygen atoms in total. The Hall–Kier alpha value is -0.190. The van der Waals surface area contributed by atoms with Crippen LogP contribution in [0.2, 0.25) is 5.02 Å². The van der Waals surface area contributed by atoms with Crippen molar-refractivity contribution in [1.29, 1.82) is 0 Å². The van der Waals surface area contributed by atoms with Crippen molar-refractivity contribution in [3.8, 4) is 0 Å². The third-order valence-electron chi connectivity index (χ3n) is 1.80. The lowest BCUT2D eigenvalue weighted by Gasteiger charge is -2.04. The molecule has 0 fully saturated rings. The van der Waals surface area contributed by atoms with Crippen LogP contribution in [0.3, 0.4) is 0 Å². The average molecular weight is 324 g/mol. The first-order valence-electron chi connectivity index (χ1n) is 4.80. The molecular weight excluding hydrogens is 312 g/mol. The van der Waals surface area contributed by atoms with E-state index in [0.29, 0.717) is 23.1 Å². The van der Waals surface area contributed by atoms with Crippen LogP contribution in [0.5, 0.6) is 0 Å². The van der Waals surface area contributed by atoms with Crippen LogP contribution >= 0.6 is 39.3 Å². The van der Waals surface area contributed by atoms with Gasteiger partial charge in [-0.3, -0.25) is 4.79 Å². The summed E-state index contributed by atoms with van der Waals surface area (Å²) in [5.41, 5.74) is 1.03. The lowest BCUT2D eigenvalue weighted by molar-refractivity contribution is -0.139. The van der Waals surface area contributed by atoms with E-state index in [1.165, 1.54) is 11.8 Å². The summed E-state index contributed by atoms with van der Waals surface area (Å²) in [5.74, 6) is 0.895. The molecule has 0 aliphatic heterocycles. The van der Waals surface area contributed by atoms with Gasteiger partial charge < -0.3 is 4.74 Å². The van der Waals surface area contributed by atoms with Crippen molar-refractivity contribution in [3.63, 3.8) is 0 Å². The molecule has 0 bridgehead atoms. The van der Waals surface area contributed by atoms with E-state index in [2.05, 4.69) is 15.9 Å². The minimum absolute atomic E-state index is 0.180. The van der Waals surface area contributed by atoms with E-state index >= 15 is 0 Å². The summed E-state index contributed by atoms with van der Waals surface area (Å²) in [6, 6.07) is 5.73. The molecule has 5 heteroatoms. The number of carbonyl (C=O) groups excluding carboxylic acids is 1. The van der Waals surface area contributed by atoms with Crippen LogP contribution in [0.4, 0.5) is 0 Å². The van der Waals surface area contributed by atoms with Crippen LogP contribution in [0.25, 0.3) is 0 Å². The summed E-state index contributed by atoms with van der Waals surface area (Å²) in [6.07, 6.45) is 0. The normalized spacial score (nSPS) is 10.2. The number of carbonyl (C=O) groups is 1. The Morgan fingerprint density at radius 2 is 2.31 bits per heavy atom. The molecule has 0 spiro atoms. The lowest BCUT2D eigenvalue weighted by Crippen LogP contribution is -2.06. The topological polar surface area (TPSA) is 26.3 Å². The SMILES string of the molecule is CCOC(=O)CSCc1ccc(Br)cc1Cl. The van der Waals surface area contributed by atoms with Gasteiger partial charge in [-0.1, -0.05) is 33.6 Å². The number of benzene rings is 1. The molecule has 0 N–H and O–H groups in total. The maximum Gasteiger partial charge on any atom is 0.315 e. The van der Waals surface area contributed by atoms with Crippen LogP contribution in [0, 0.1) is 0 Å². The maximum absolute atomic E-state index is 11.1. The minimum Gasteiger partial charge on any atom is -0.465 e. The summed E-state index contributed by atoms with van der Waals surface area (Å²) >= 11 is 10.9. The van der Waals surface area contributed by atoms with E-state index in [9.17, 15) is 4.79 Å². The fourth-order valence-electron chi connectivity index (χ4n) is 1.09. The number of hydrogen-bond donors (Lipinski definition) is 0. The molecule has 0 radical (unpaired) electrons. The second-order valence-corrected chi connectivity index (χ2v) is 5.34. The van der Waals surface area contributed by atoms with Gasteiger partial charge in [-0.05, 0) is 24.6 Å². The highest BCUT2D eigenvalue weighted by Gasteiger charge is 2.04. The zero-order valence-electron chi connectivity index (χ0n) is 8.83. The predicted octanol–water partition coefficient (Wildman–Crippen LogP) is 3.90. The quantitative estimate of drug-likeness (QED) is 0.769. The monoisotopic (exact) mass is 322 g/mol. The highest BCUT2D eigenvalue weighted by Crippen LogP contribution is 2.24. The van der Waals surface area contributed by atoms with Gasteiger partial charge in [0.15, 0.2) is 0 Å². The van der Waals surface area contributed by atoms with Crippen LogP contribution < -0.4 is 0 Å². The molecule has 0 unspecified atom stereocenters. The van der Waals surface area contributed by atoms with Crippen molar-refractivity contribution in [2.75, 3.05) is 12.4 Å². The van der Waals surface area contributed by atoms with Crippen LogP contribution in [0.15, 0.2) is 22.7 Å². The molecule has 88 valence electrons. The van der Waals surface area contributed by atoms with Gasteiger partial charge in [0.2, 0.25) is 0 Å². The standard InChI is InChI=1S/C11H12BrClO2S/c1-2-15-11(14)7-16-6-8-3-4-9(12)5-10(8)13/h3-5H,2,6-7H2,1H3. The summed E-state index contributed by atoms with van der Waals surface area (Å²) in [5, 5.41) is 0.714. The third kappa shape index (κ3) is 4.76. The Labute approximate surface area is 113 Å². The van der Waals surface area contributed by atoms with Gasteiger partial charge in [-0.15, -0.1) is 11.8 Å². The van der Waals surface area contributed by atoms with Gasteiger partial charge in [0.25, 0.3) is 0 Å². The third-order valence-corrected chi connectivity index (χ3v) is 3.60. The van der Waals surface area contributed by atoms with Crippen molar-refractivity contribution in [1.82, 2.24) is 0 Å². The largest absolute Gasteiger partial charge is 0.465 e. The van der Waals surface area contributed by atoms with Gasteiger partial charge >= 0.3 is 5.97 Å². The first-order valence-corrected chi connectivity index (χ1v) is 7.13. The summed E-state index contributed by atoms with van der Waals surface area (Å²) in [4.78, 5) is 11.1. The zero-order valence-corrected chi connectivity index (χ0v) is 12.0. The average Bonchev–Trinajstić information content (AvgIpc) is 2.22. The van der Waals surface area contributed by atoms with Gasteiger partial charge in [0.1, 0.15) is 0 Å². The summed E-state index contributed by atoms with van der Waals surface area (Å²) < 4.78 is 5.78. The maximum atomic E-state index is 11.1. The minimum atomic E-state index is -0.180. The molecule has 0 saturated carbocycles. The molecule has 0 aliphatic rings. The Bertz CT molecular complexity index is 371. The lowest BCUT2D eigenvalue weighted by atomic mass is 10.2. The van der Waals surface area contributed by atoms with Crippen LogP contribution in [-0.2, 0) is 15.3 Å². The fraction of sp³-hybridized carbons (Fsp3) is 0.364. The molecular formula is C11H12BrClO2S. The second kappa shape index (κ2) is 7.20. The van der Waals surface area contributed by atoms with Crippen LogP contribution in [-0.4, -0.2) is 18.3 Å². The first kappa shape index (κ1) is 13.9.